The number of hydrogen-bond acceptors (Lipinski definition) is 6. The van der Waals surface area contributed by atoms with Crippen LogP contribution in [0.2, 0.25) is 0 Å². The van der Waals surface area contributed by atoms with Crippen molar-refractivity contribution in [2.45, 2.75) is 181 Å². The highest BCUT2D eigenvalue weighted by atomic mass is 16.5. The van der Waals surface area contributed by atoms with Crippen molar-refractivity contribution in [1.29, 1.82) is 0 Å². The van der Waals surface area contributed by atoms with Crippen LogP contribution in [0.4, 0.5) is 0 Å². The maximum absolute atomic E-state index is 10.8. The fourth-order valence-corrected chi connectivity index (χ4v) is 7.54. The minimum atomic E-state index is -0.0123. The zero-order chi connectivity index (χ0) is 37.3. The summed E-state index contributed by atoms with van der Waals surface area (Å²) in [7, 11) is 0. The second-order valence-electron chi connectivity index (χ2n) is 15.9. The van der Waals surface area contributed by atoms with Crippen molar-refractivity contribution in [3.8, 4) is 0 Å². The van der Waals surface area contributed by atoms with Gasteiger partial charge in [0.05, 0.1) is 13.2 Å². The molecular formula is C46H80O6. The summed E-state index contributed by atoms with van der Waals surface area (Å²) >= 11 is 0. The van der Waals surface area contributed by atoms with Crippen molar-refractivity contribution in [3.63, 3.8) is 0 Å². The van der Waals surface area contributed by atoms with E-state index in [0.29, 0.717) is 37.9 Å². The second-order valence-corrected chi connectivity index (χ2v) is 15.9. The Kier molecular flexibility index (Phi) is 28.9. The smallest absolute Gasteiger partial charge is 0.305 e. The van der Waals surface area contributed by atoms with Gasteiger partial charge < -0.3 is 18.9 Å². The van der Waals surface area contributed by atoms with Crippen molar-refractivity contribution >= 4 is 11.9 Å². The van der Waals surface area contributed by atoms with Gasteiger partial charge in [-0.1, -0.05) is 135 Å². The highest BCUT2D eigenvalue weighted by molar-refractivity contribution is 5.70. The van der Waals surface area contributed by atoms with E-state index in [4.69, 9.17) is 18.9 Å². The standard InChI is InChI=1S/C12H22O2.C12H16O.C12H24O.C10H18O2/c1-2-3-4-5-6-7-11-8-9-12(13)14-10-11;1-2-5-11(6-3-1)9-12-7-4-8-13-10-12;1-2-3-4-5-6-8-12-9-7-10-13-11-12;1-2-3-4-5-9-6-7-10(11)12-8-9/h11H,2-10H2,1H3;1-3,5-6,12H,4,7-10H2;12H,2-11H2,1H3;9H,2-8H2,1H3. The van der Waals surface area contributed by atoms with Crippen LogP contribution in [0.1, 0.15) is 180 Å². The summed E-state index contributed by atoms with van der Waals surface area (Å²) in [6.07, 6.45) is 31.3. The van der Waals surface area contributed by atoms with Crippen LogP contribution in [0, 0.1) is 23.7 Å². The third kappa shape index (κ3) is 25.2. The quantitative estimate of drug-likeness (QED) is 0.111. The number of rotatable bonds is 18. The molecule has 300 valence electrons. The lowest BCUT2D eigenvalue weighted by molar-refractivity contribution is -0.150. The van der Waals surface area contributed by atoms with Gasteiger partial charge in [0, 0.05) is 39.3 Å². The fraction of sp³-hybridized carbons (Fsp3) is 0.826. The summed E-state index contributed by atoms with van der Waals surface area (Å²) in [5, 5.41) is 0. The molecule has 0 amide bonds. The molecule has 6 nitrogen and oxygen atoms in total. The van der Waals surface area contributed by atoms with Gasteiger partial charge in [-0.25, -0.2) is 0 Å². The number of unbranched alkanes of at least 4 members (excludes halogenated alkanes) is 10. The molecular weight excluding hydrogens is 649 g/mol. The lowest BCUT2D eigenvalue weighted by atomic mass is 9.94. The number of ether oxygens (including phenoxy) is 4. The molecule has 0 aliphatic carbocycles. The molecule has 0 aromatic heterocycles. The molecule has 4 saturated heterocycles. The summed E-state index contributed by atoms with van der Waals surface area (Å²) in [6.45, 7) is 12.0. The normalized spacial score (nSPS) is 23.0. The molecule has 0 saturated carbocycles. The van der Waals surface area contributed by atoms with Crippen LogP contribution in [0.3, 0.4) is 0 Å². The van der Waals surface area contributed by atoms with E-state index in [2.05, 4.69) is 51.1 Å². The van der Waals surface area contributed by atoms with Gasteiger partial charge in [-0.3, -0.25) is 9.59 Å². The molecule has 4 fully saturated rings. The molecule has 1 aromatic carbocycles. The van der Waals surface area contributed by atoms with Crippen LogP contribution < -0.4 is 0 Å². The Morgan fingerprint density at radius 3 is 1.35 bits per heavy atom. The van der Waals surface area contributed by atoms with Crippen LogP contribution in [0.25, 0.3) is 0 Å². The number of hydrogen-bond donors (Lipinski definition) is 0. The number of carbonyl (C=O) groups excluding carboxylic acids is 2. The Morgan fingerprint density at radius 2 is 0.923 bits per heavy atom. The Labute approximate surface area is 320 Å². The third-order valence-corrected chi connectivity index (χ3v) is 11.0. The van der Waals surface area contributed by atoms with Crippen LogP contribution in [0.5, 0.6) is 0 Å². The predicted molar refractivity (Wildman–Crippen MR) is 215 cm³/mol. The van der Waals surface area contributed by atoms with Gasteiger partial charge >= 0.3 is 11.9 Å². The van der Waals surface area contributed by atoms with Crippen LogP contribution in [0.15, 0.2) is 30.3 Å². The molecule has 0 N–H and O–H groups in total. The predicted octanol–water partition coefficient (Wildman–Crippen LogP) is 12.2. The van der Waals surface area contributed by atoms with E-state index in [1.54, 1.807) is 0 Å². The number of carbonyl (C=O) groups is 2. The van der Waals surface area contributed by atoms with Gasteiger partial charge in [-0.2, -0.15) is 0 Å². The van der Waals surface area contributed by atoms with Crippen LogP contribution >= 0.6 is 0 Å². The molecule has 4 aliphatic heterocycles. The Balaban J connectivity index is 0.000000240. The topological polar surface area (TPSA) is 71.1 Å². The summed E-state index contributed by atoms with van der Waals surface area (Å²) in [4.78, 5) is 21.5. The van der Waals surface area contributed by atoms with Gasteiger partial charge in [0.1, 0.15) is 0 Å². The Morgan fingerprint density at radius 1 is 0.500 bits per heavy atom. The van der Waals surface area contributed by atoms with Crippen molar-refractivity contribution in [2.75, 3.05) is 39.6 Å². The van der Waals surface area contributed by atoms with Gasteiger partial charge in [0.2, 0.25) is 0 Å². The van der Waals surface area contributed by atoms with Gasteiger partial charge in [0.25, 0.3) is 0 Å². The van der Waals surface area contributed by atoms with Crippen LogP contribution in [-0.4, -0.2) is 51.6 Å². The molecule has 5 rings (SSSR count). The van der Waals surface area contributed by atoms with Crippen molar-refractivity contribution in [1.82, 2.24) is 0 Å². The summed E-state index contributed by atoms with van der Waals surface area (Å²) in [5.74, 6) is 2.91. The first-order valence-corrected chi connectivity index (χ1v) is 22.0. The highest BCUT2D eigenvalue weighted by Gasteiger charge is 2.20. The molecule has 0 spiro atoms. The van der Waals surface area contributed by atoms with E-state index in [0.717, 1.165) is 51.1 Å². The Bertz CT molecular complexity index is 935. The first-order chi connectivity index (χ1) is 25.5. The zero-order valence-corrected chi connectivity index (χ0v) is 34.1. The maximum Gasteiger partial charge on any atom is 0.305 e. The second kappa shape index (κ2) is 32.5. The lowest BCUT2D eigenvalue weighted by Crippen LogP contribution is -2.21. The monoisotopic (exact) mass is 729 g/mol. The first kappa shape index (κ1) is 46.2. The molecule has 0 radical (unpaired) electrons. The van der Waals surface area contributed by atoms with E-state index in [1.165, 1.54) is 140 Å². The van der Waals surface area contributed by atoms with Gasteiger partial charge in [0.15, 0.2) is 0 Å². The molecule has 52 heavy (non-hydrogen) atoms. The van der Waals surface area contributed by atoms with Crippen molar-refractivity contribution in [2.24, 2.45) is 23.7 Å². The lowest BCUT2D eigenvalue weighted by Gasteiger charge is -2.21. The summed E-state index contributed by atoms with van der Waals surface area (Å²) in [6, 6.07) is 10.7. The molecule has 4 heterocycles. The molecule has 0 bridgehead atoms. The minimum absolute atomic E-state index is 0.00719. The maximum atomic E-state index is 10.8. The third-order valence-electron chi connectivity index (χ3n) is 11.0. The molecule has 4 aliphatic rings. The van der Waals surface area contributed by atoms with Gasteiger partial charge in [-0.05, 0) is 93.4 Å². The number of cyclic esters (lactones) is 2. The largest absolute Gasteiger partial charge is 0.465 e. The summed E-state index contributed by atoms with van der Waals surface area (Å²) < 4.78 is 20.9. The zero-order valence-electron chi connectivity index (χ0n) is 34.1. The first-order valence-electron chi connectivity index (χ1n) is 22.0. The van der Waals surface area contributed by atoms with E-state index in [1.807, 2.05) is 0 Å². The minimum Gasteiger partial charge on any atom is -0.465 e. The molecule has 4 atom stereocenters. The van der Waals surface area contributed by atoms with E-state index < -0.39 is 0 Å². The fourth-order valence-electron chi connectivity index (χ4n) is 7.54. The average molecular weight is 729 g/mol. The average Bonchev–Trinajstić information content (AvgIpc) is 3.18. The van der Waals surface area contributed by atoms with E-state index in [9.17, 15) is 9.59 Å². The summed E-state index contributed by atoms with van der Waals surface area (Å²) in [5.41, 5.74) is 1.44. The molecule has 6 heteroatoms. The Hall–Kier alpha value is -1.92. The van der Waals surface area contributed by atoms with Gasteiger partial charge in [-0.15, -0.1) is 0 Å². The highest BCUT2D eigenvalue weighted by Crippen LogP contribution is 2.23. The van der Waals surface area contributed by atoms with E-state index in [-0.39, 0.29) is 11.9 Å². The molecule has 4 unspecified atom stereocenters. The van der Waals surface area contributed by atoms with Crippen molar-refractivity contribution in [3.05, 3.63) is 35.9 Å². The SMILES string of the molecule is CCCCCC1CCC(=O)OC1.CCCCCCCC1CCC(=O)OC1.CCCCCCCC1CCCOC1.c1ccc(CC2CCCOC2)cc1. The van der Waals surface area contributed by atoms with Crippen molar-refractivity contribution < 1.29 is 28.5 Å². The van der Waals surface area contributed by atoms with Crippen LogP contribution in [-0.2, 0) is 35.0 Å². The number of benzene rings is 1. The number of esters is 2. The molecule has 1 aromatic rings. The van der Waals surface area contributed by atoms with E-state index >= 15 is 0 Å².